The van der Waals surface area contributed by atoms with Crippen molar-refractivity contribution < 1.29 is 27.1 Å². The van der Waals surface area contributed by atoms with Crippen LogP contribution in [-0.2, 0) is 14.8 Å². The predicted octanol–water partition coefficient (Wildman–Crippen LogP) is 1.75. The smallest absolute Gasteiger partial charge is 0.339 e. The first-order valence-electron chi connectivity index (χ1n) is 9.44. The summed E-state index contributed by atoms with van der Waals surface area (Å²) in [5.74, 6) is -1.49. The van der Waals surface area contributed by atoms with E-state index in [1.807, 2.05) is 4.90 Å². The Morgan fingerprint density at radius 1 is 1.13 bits per heavy atom. The Morgan fingerprint density at radius 2 is 1.77 bits per heavy atom. The number of aryl methyl sites for hydroxylation is 1. The molecule has 2 heterocycles. The molecule has 1 aromatic heterocycles. The van der Waals surface area contributed by atoms with Crippen molar-refractivity contribution in [2.45, 2.75) is 18.7 Å². The first-order chi connectivity index (χ1) is 14.2. The Labute approximate surface area is 174 Å². The molecule has 10 heteroatoms. The Morgan fingerprint density at radius 3 is 2.37 bits per heavy atom. The zero-order valence-electron chi connectivity index (χ0n) is 17.1. The van der Waals surface area contributed by atoms with Gasteiger partial charge in [0.2, 0.25) is 10.0 Å². The number of halogens is 1. The number of aromatic amines is 1. The van der Waals surface area contributed by atoms with Gasteiger partial charge in [0, 0.05) is 31.9 Å². The van der Waals surface area contributed by atoms with Crippen LogP contribution in [0.25, 0.3) is 0 Å². The van der Waals surface area contributed by atoms with Gasteiger partial charge in [-0.3, -0.25) is 9.69 Å². The van der Waals surface area contributed by atoms with Gasteiger partial charge >= 0.3 is 5.97 Å². The van der Waals surface area contributed by atoms with Crippen LogP contribution in [-0.4, -0.2) is 74.2 Å². The molecule has 0 saturated carbocycles. The van der Waals surface area contributed by atoms with Crippen LogP contribution in [0.3, 0.4) is 0 Å². The van der Waals surface area contributed by atoms with E-state index in [-0.39, 0.29) is 30.3 Å². The zero-order chi connectivity index (χ0) is 22.1. The standard InChI is InChI=1S/C20H24FN3O5S/c1-13-18(20(26)29-3)14(2)22-19(13)16(25)12-23-8-10-24(11-9-23)30(27,28)17-7-5-4-6-15(17)21/h4-7,22H,8-12H2,1-3H3. The molecule has 1 aromatic carbocycles. The number of nitrogens with zero attached hydrogens (tertiary/aromatic N) is 2. The molecule has 1 fully saturated rings. The molecule has 0 aliphatic carbocycles. The molecule has 2 aromatic rings. The van der Waals surface area contributed by atoms with Crippen LogP contribution in [0.4, 0.5) is 4.39 Å². The molecule has 0 unspecified atom stereocenters. The largest absolute Gasteiger partial charge is 0.465 e. The van der Waals surface area contributed by atoms with Gasteiger partial charge in [0.05, 0.1) is 24.9 Å². The Hall–Kier alpha value is -2.56. The van der Waals surface area contributed by atoms with Crippen molar-refractivity contribution in [1.29, 1.82) is 0 Å². The van der Waals surface area contributed by atoms with Gasteiger partial charge in [0.25, 0.3) is 0 Å². The van der Waals surface area contributed by atoms with Crippen molar-refractivity contribution in [3.05, 3.63) is 52.6 Å². The number of ketones is 1. The Kier molecular flexibility index (Phi) is 6.39. The highest BCUT2D eigenvalue weighted by molar-refractivity contribution is 7.89. The SMILES string of the molecule is COC(=O)c1c(C)[nH]c(C(=O)CN2CCN(S(=O)(=O)c3ccccc3F)CC2)c1C. The molecular weight excluding hydrogens is 413 g/mol. The number of benzene rings is 1. The van der Waals surface area contributed by atoms with Crippen LogP contribution in [0.2, 0.25) is 0 Å². The number of Topliss-reactive ketones (excluding diaryl/α,β-unsaturated/α-hetero) is 1. The minimum Gasteiger partial charge on any atom is -0.465 e. The lowest BCUT2D eigenvalue weighted by molar-refractivity contribution is 0.0599. The Bertz CT molecular complexity index is 1070. The third-order valence-electron chi connectivity index (χ3n) is 5.26. The maximum atomic E-state index is 13.9. The maximum Gasteiger partial charge on any atom is 0.339 e. The van der Waals surface area contributed by atoms with Gasteiger partial charge in [0.15, 0.2) is 5.78 Å². The number of ether oxygens (including phenoxy) is 1. The fraction of sp³-hybridized carbons (Fsp3) is 0.400. The van der Waals surface area contributed by atoms with Crippen molar-refractivity contribution in [3.63, 3.8) is 0 Å². The van der Waals surface area contributed by atoms with Crippen LogP contribution in [0, 0.1) is 19.7 Å². The molecule has 0 amide bonds. The number of rotatable bonds is 6. The number of carbonyl (C=O) groups is 2. The summed E-state index contributed by atoms with van der Waals surface area (Å²) in [4.78, 5) is 29.1. The number of hydrogen-bond acceptors (Lipinski definition) is 6. The number of methoxy groups -OCH3 is 1. The molecule has 1 saturated heterocycles. The number of carbonyl (C=O) groups excluding carboxylic acids is 2. The van der Waals surface area contributed by atoms with Crippen LogP contribution in [0.15, 0.2) is 29.2 Å². The number of H-pyrrole nitrogens is 1. The average molecular weight is 437 g/mol. The molecule has 1 aliphatic heterocycles. The van der Waals surface area contributed by atoms with Gasteiger partial charge < -0.3 is 9.72 Å². The molecule has 1 aliphatic rings. The van der Waals surface area contributed by atoms with Crippen LogP contribution < -0.4 is 0 Å². The highest BCUT2D eigenvalue weighted by Crippen LogP contribution is 2.22. The summed E-state index contributed by atoms with van der Waals surface area (Å²) >= 11 is 0. The summed E-state index contributed by atoms with van der Waals surface area (Å²) < 4.78 is 45.3. The molecular formula is C20H24FN3O5S. The molecule has 8 nitrogen and oxygen atoms in total. The molecule has 30 heavy (non-hydrogen) atoms. The molecule has 0 radical (unpaired) electrons. The van der Waals surface area contributed by atoms with Crippen LogP contribution >= 0.6 is 0 Å². The third-order valence-corrected chi connectivity index (χ3v) is 7.19. The lowest BCUT2D eigenvalue weighted by atomic mass is 10.1. The van der Waals surface area contributed by atoms with E-state index >= 15 is 0 Å². The van der Waals surface area contributed by atoms with E-state index in [9.17, 15) is 22.4 Å². The second-order valence-electron chi connectivity index (χ2n) is 7.15. The highest BCUT2D eigenvalue weighted by Gasteiger charge is 2.31. The normalized spacial score (nSPS) is 15.9. The van der Waals surface area contributed by atoms with E-state index in [2.05, 4.69) is 4.98 Å². The lowest BCUT2D eigenvalue weighted by Crippen LogP contribution is -2.50. The van der Waals surface area contributed by atoms with E-state index in [1.54, 1.807) is 13.8 Å². The summed E-state index contributed by atoms with van der Waals surface area (Å²) in [5, 5.41) is 0. The summed E-state index contributed by atoms with van der Waals surface area (Å²) in [6, 6.07) is 5.28. The lowest BCUT2D eigenvalue weighted by Gasteiger charge is -2.33. The highest BCUT2D eigenvalue weighted by atomic mass is 32.2. The number of esters is 1. The van der Waals surface area contributed by atoms with E-state index < -0.39 is 21.8 Å². The second kappa shape index (κ2) is 8.66. The minimum absolute atomic E-state index is 0.0784. The van der Waals surface area contributed by atoms with Crippen LogP contribution in [0.1, 0.15) is 32.1 Å². The summed E-state index contributed by atoms with van der Waals surface area (Å²) in [6.45, 7) is 4.43. The van der Waals surface area contributed by atoms with Crippen molar-refractivity contribution in [1.82, 2.24) is 14.2 Å². The van der Waals surface area contributed by atoms with Gasteiger partial charge in [-0.1, -0.05) is 12.1 Å². The van der Waals surface area contributed by atoms with Gasteiger partial charge in [0.1, 0.15) is 10.7 Å². The summed E-state index contributed by atoms with van der Waals surface area (Å²) in [6.07, 6.45) is 0. The third kappa shape index (κ3) is 4.16. The monoisotopic (exact) mass is 437 g/mol. The fourth-order valence-electron chi connectivity index (χ4n) is 3.64. The molecule has 3 rings (SSSR count). The topological polar surface area (TPSA) is 99.8 Å². The zero-order valence-corrected chi connectivity index (χ0v) is 17.9. The molecule has 0 bridgehead atoms. The van der Waals surface area contributed by atoms with Crippen molar-refractivity contribution in [2.24, 2.45) is 0 Å². The number of sulfonamides is 1. The van der Waals surface area contributed by atoms with Crippen molar-refractivity contribution in [2.75, 3.05) is 39.8 Å². The fourth-order valence-corrected chi connectivity index (χ4v) is 5.13. The average Bonchev–Trinajstić information content (AvgIpc) is 3.02. The van der Waals surface area contributed by atoms with Gasteiger partial charge in [-0.15, -0.1) is 0 Å². The van der Waals surface area contributed by atoms with Gasteiger partial charge in [-0.05, 0) is 31.5 Å². The number of aromatic nitrogens is 1. The second-order valence-corrected chi connectivity index (χ2v) is 9.06. The van der Waals surface area contributed by atoms with Gasteiger partial charge in [-0.2, -0.15) is 4.31 Å². The number of piperazine rings is 1. The van der Waals surface area contributed by atoms with E-state index in [0.29, 0.717) is 35.6 Å². The first kappa shape index (κ1) is 22.1. The number of hydrogen-bond donors (Lipinski definition) is 1. The van der Waals surface area contributed by atoms with E-state index in [1.165, 1.54) is 29.6 Å². The van der Waals surface area contributed by atoms with Crippen LogP contribution in [0.5, 0.6) is 0 Å². The number of nitrogens with one attached hydrogen (secondary N) is 1. The summed E-state index contributed by atoms with van der Waals surface area (Å²) in [5.41, 5.74) is 1.78. The maximum absolute atomic E-state index is 13.9. The molecule has 0 spiro atoms. The van der Waals surface area contributed by atoms with Crippen molar-refractivity contribution in [3.8, 4) is 0 Å². The van der Waals surface area contributed by atoms with Gasteiger partial charge in [-0.25, -0.2) is 17.6 Å². The first-order valence-corrected chi connectivity index (χ1v) is 10.9. The summed E-state index contributed by atoms with van der Waals surface area (Å²) in [7, 11) is -2.65. The molecule has 1 N–H and O–H groups in total. The Balaban J connectivity index is 1.66. The van der Waals surface area contributed by atoms with E-state index in [4.69, 9.17) is 4.74 Å². The quantitative estimate of drug-likeness (QED) is 0.546. The predicted molar refractivity (Wildman–Crippen MR) is 108 cm³/mol. The molecule has 162 valence electrons. The van der Waals surface area contributed by atoms with E-state index in [0.717, 1.165) is 6.07 Å². The minimum atomic E-state index is -3.93. The molecule has 0 atom stereocenters. The van der Waals surface area contributed by atoms with Crippen molar-refractivity contribution >= 4 is 21.8 Å².